The predicted octanol–water partition coefficient (Wildman–Crippen LogP) is 2.38. The molecule has 3 aromatic rings. The van der Waals surface area contributed by atoms with Gasteiger partial charge in [-0.2, -0.15) is 0 Å². The fraction of sp³-hybridized carbons (Fsp3) is 0.292. The molecule has 1 aromatic heterocycles. The highest BCUT2D eigenvalue weighted by Crippen LogP contribution is 2.22. The fourth-order valence-electron chi connectivity index (χ4n) is 3.39. The lowest BCUT2D eigenvalue weighted by Gasteiger charge is -2.22. The van der Waals surface area contributed by atoms with Crippen molar-refractivity contribution in [3.05, 3.63) is 71.7 Å². The van der Waals surface area contributed by atoms with Gasteiger partial charge in [-0.25, -0.2) is 4.39 Å². The molecule has 0 fully saturated rings. The van der Waals surface area contributed by atoms with Gasteiger partial charge in [-0.1, -0.05) is 35.5 Å². The van der Waals surface area contributed by atoms with E-state index in [2.05, 4.69) is 15.6 Å². The Morgan fingerprint density at radius 2 is 1.88 bits per heavy atom. The van der Waals surface area contributed by atoms with Crippen LogP contribution in [0.5, 0.6) is 0 Å². The van der Waals surface area contributed by atoms with E-state index in [1.165, 1.54) is 27.9 Å². The maximum Gasteiger partial charge on any atom is 0.303 e. The summed E-state index contributed by atoms with van der Waals surface area (Å²) in [5, 5.41) is 19.2. The van der Waals surface area contributed by atoms with Crippen LogP contribution in [0.1, 0.15) is 28.8 Å². The normalized spacial score (nSPS) is 11.6. The van der Waals surface area contributed by atoms with Gasteiger partial charge in [0.15, 0.2) is 0 Å². The highest BCUT2D eigenvalue weighted by molar-refractivity contribution is 5.98. The van der Waals surface area contributed by atoms with Crippen molar-refractivity contribution in [3.8, 4) is 11.3 Å². The van der Waals surface area contributed by atoms with Crippen molar-refractivity contribution >= 4 is 17.8 Å². The first-order chi connectivity index (χ1) is 16.2. The van der Waals surface area contributed by atoms with Crippen LogP contribution in [0.3, 0.4) is 0 Å². The van der Waals surface area contributed by atoms with Gasteiger partial charge in [0, 0.05) is 44.6 Å². The van der Waals surface area contributed by atoms with Gasteiger partial charge in [0.1, 0.15) is 17.6 Å². The molecule has 0 aliphatic rings. The molecule has 0 spiro atoms. The number of hydrogen-bond donors (Lipinski definition) is 2. The number of carbonyl (C=O) groups is 3. The molecule has 1 atom stereocenters. The summed E-state index contributed by atoms with van der Waals surface area (Å²) >= 11 is 0. The van der Waals surface area contributed by atoms with Gasteiger partial charge in [-0.15, -0.1) is 5.10 Å². The number of halogens is 1. The number of hydrogen-bond acceptors (Lipinski definition) is 5. The number of nitrogens with one attached hydrogen (secondary N) is 1. The van der Waals surface area contributed by atoms with Crippen molar-refractivity contribution in [1.82, 2.24) is 25.2 Å². The third-order valence-electron chi connectivity index (χ3n) is 5.15. The zero-order valence-electron chi connectivity index (χ0n) is 18.9. The number of carbonyl (C=O) groups excluding carboxylic acids is 2. The lowest BCUT2D eigenvalue weighted by atomic mass is 10.0. The van der Waals surface area contributed by atoms with Gasteiger partial charge in [0.2, 0.25) is 5.91 Å². The second-order valence-electron chi connectivity index (χ2n) is 8.01. The van der Waals surface area contributed by atoms with Gasteiger partial charge >= 0.3 is 5.97 Å². The topological polar surface area (TPSA) is 117 Å². The number of likely N-dealkylation sites (N-methyl/N-ethyl adjacent to an activating group) is 1. The van der Waals surface area contributed by atoms with Crippen LogP contribution in [0.4, 0.5) is 4.39 Å². The summed E-state index contributed by atoms with van der Waals surface area (Å²) in [7, 11) is 3.21. The zero-order valence-corrected chi connectivity index (χ0v) is 18.9. The van der Waals surface area contributed by atoms with Gasteiger partial charge in [0.05, 0.1) is 6.20 Å². The van der Waals surface area contributed by atoms with Crippen molar-refractivity contribution in [3.63, 3.8) is 0 Å². The molecule has 0 bridgehead atoms. The molecular formula is C24H26FN5O4. The van der Waals surface area contributed by atoms with Gasteiger partial charge in [-0.05, 0) is 30.2 Å². The maximum absolute atomic E-state index is 14.8. The summed E-state index contributed by atoms with van der Waals surface area (Å²) in [5.41, 5.74) is 1.38. The molecule has 0 radical (unpaired) electrons. The summed E-state index contributed by atoms with van der Waals surface area (Å²) in [5.74, 6) is -2.41. The van der Waals surface area contributed by atoms with Crippen LogP contribution in [-0.4, -0.2) is 62.9 Å². The Kier molecular flexibility index (Phi) is 8.07. The Bertz CT molecular complexity index is 1160. The van der Waals surface area contributed by atoms with E-state index in [9.17, 15) is 18.8 Å². The minimum atomic E-state index is -0.904. The smallest absolute Gasteiger partial charge is 0.303 e. The minimum Gasteiger partial charge on any atom is -0.481 e. The maximum atomic E-state index is 14.8. The van der Waals surface area contributed by atoms with Gasteiger partial charge in [-0.3, -0.25) is 19.1 Å². The van der Waals surface area contributed by atoms with Crippen LogP contribution in [-0.2, 0) is 22.6 Å². The Morgan fingerprint density at radius 3 is 2.53 bits per heavy atom. The molecule has 0 aliphatic carbocycles. The van der Waals surface area contributed by atoms with Crippen molar-refractivity contribution in [2.24, 2.45) is 0 Å². The molecule has 10 heteroatoms. The minimum absolute atomic E-state index is 0.00501. The van der Waals surface area contributed by atoms with E-state index in [1.807, 2.05) is 30.3 Å². The molecule has 3 rings (SSSR count). The average Bonchev–Trinajstić information content (AvgIpc) is 3.26. The van der Waals surface area contributed by atoms with Crippen molar-refractivity contribution in [1.29, 1.82) is 0 Å². The summed E-state index contributed by atoms with van der Waals surface area (Å²) in [4.78, 5) is 37.5. The third kappa shape index (κ3) is 6.47. The SMILES string of the molecule is CN(C)C(=O)[C@@H](Cc1ccccc1)NC(=O)c1ccc(-c2cn(CCCC(=O)O)nn2)c(F)c1. The van der Waals surface area contributed by atoms with Crippen molar-refractivity contribution in [2.75, 3.05) is 14.1 Å². The molecule has 0 saturated carbocycles. The summed E-state index contributed by atoms with van der Waals surface area (Å²) < 4.78 is 16.3. The number of aryl methyl sites for hydroxylation is 1. The fourth-order valence-corrected chi connectivity index (χ4v) is 3.39. The molecule has 0 aliphatic heterocycles. The van der Waals surface area contributed by atoms with E-state index in [0.717, 1.165) is 11.6 Å². The average molecular weight is 468 g/mol. The van der Waals surface area contributed by atoms with E-state index < -0.39 is 23.7 Å². The predicted molar refractivity (Wildman–Crippen MR) is 122 cm³/mol. The van der Waals surface area contributed by atoms with Crippen LogP contribution in [0, 0.1) is 5.82 Å². The highest BCUT2D eigenvalue weighted by Gasteiger charge is 2.24. The molecule has 2 amide bonds. The Balaban J connectivity index is 1.72. The number of aromatic nitrogens is 3. The number of nitrogens with zero attached hydrogens (tertiary/aromatic N) is 4. The van der Waals surface area contributed by atoms with Gasteiger partial charge < -0.3 is 15.3 Å². The van der Waals surface area contributed by atoms with E-state index in [1.54, 1.807) is 14.1 Å². The van der Waals surface area contributed by atoms with Crippen molar-refractivity contribution in [2.45, 2.75) is 31.8 Å². The first-order valence-corrected chi connectivity index (χ1v) is 10.7. The lowest BCUT2D eigenvalue weighted by Crippen LogP contribution is -2.47. The summed E-state index contributed by atoms with van der Waals surface area (Å²) in [6, 6.07) is 12.5. The molecule has 0 saturated heterocycles. The van der Waals surface area contributed by atoms with Crippen LogP contribution >= 0.6 is 0 Å². The zero-order chi connectivity index (χ0) is 24.7. The molecular weight excluding hydrogens is 441 g/mol. The standard InChI is InChI=1S/C24H26FN5O4/c1-29(2)24(34)20(13-16-7-4-3-5-8-16)26-23(33)17-10-11-18(19(25)14-17)21-15-30(28-27-21)12-6-9-22(31)32/h3-5,7-8,10-11,14-15,20H,6,9,12-13H2,1-2H3,(H,26,33)(H,31,32)/t20-/m1/s1. The van der Waals surface area contributed by atoms with E-state index in [0.29, 0.717) is 19.4 Å². The number of carboxylic acid groups (broad SMARTS) is 1. The van der Waals surface area contributed by atoms with Crippen LogP contribution in [0.15, 0.2) is 54.7 Å². The summed E-state index contributed by atoms with van der Waals surface area (Å²) in [6.45, 7) is 0.337. The number of benzene rings is 2. The molecule has 178 valence electrons. The monoisotopic (exact) mass is 467 g/mol. The Morgan fingerprint density at radius 1 is 1.15 bits per heavy atom. The molecule has 34 heavy (non-hydrogen) atoms. The first-order valence-electron chi connectivity index (χ1n) is 10.7. The van der Waals surface area contributed by atoms with Crippen molar-refractivity contribution < 1.29 is 23.9 Å². The van der Waals surface area contributed by atoms with E-state index >= 15 is 0 Å². The first kappa shape index (κ1) is 24.6. The van der Waals surface area contributed by atoms with Crippen LogP contribution < -0.4 is 5.32 Å². The second kappa shape index (κ2) is 11.2. The van der Waals surface area contributed by atoms with E-state index in [4.69, 9.17) is 5.11 Å². The van der Waals surface area contributed by atoms with Crippen LogP contribution in [0.25, 0.3) is 11.3 Å². The number of aliphatic carboxylic acids is 1. The Hall–Kier alpha value is -4.08. The Labute approximate surface area is 196 Å². The summed E-state index contributed by atoms with van der Waals surface area (Å²) in [6.07, 6.45) is 2.19. The quantitative estimate of drug-likeness (QED) is 0.473. The molecule has 2 aromatic carbocycles. The van der Waals surface area contributed by atoms with Gasteiger partial charge in [0.25, 0.3) is 5.91 Å². The number of rotatable bonds is 10. The third-order valence-corrected chi connectivity index (χ3v) is 5.15. The lowest BCUT2D eigenvalue weighted by molar-refractivity contribution is -0.137. The second-order valence-corrected chi connectivity index (χ2v) is 8.01. The van der Waals surface area contributed by atoms with Crippen LogP contribution in [0.2, 0.25) is 0 Å². The number of carboxylic acids is 1. The highest BCUT2D eigenvalue weighted by atomic mass is 19.1. The van der Waals surface area contributed by atoms with E-state index in [-0.39, 0.29) is 29.1 Å². The molecule has 2 N–H and O–H groups in total. The largest absolute Gasteiger partial charge is 0.481 e. The molecule has 0 unspecified atom stereocenters. The number of amides is 2. The molecule has 1 heterocycles. The molecule has 9 nitrogen and oxygen atoms in total.